The molecule has 0 spiro atoms. The first-order valence-electron chi connectivity index (χ1n) is 7.63. The highest BCUT2D eigenvalue weighted by atomic mass is 32.1. The number of ether oxygens (including phenoxy) is 1. The maximum Gasteiger partial charge on any atom is 0.258 e. The molecule has 5 rings (SSSR count). The van der Waals surface area contributed by atoms with Gasteiger partial charge in [0.15, 0.2) is 4.96 Å². The lowest BCUT2D eigenvalue weighted by Crippen LogP contribution is -2.14. The van der Waals surface area contributed by atoms with Gasteiger partial charge in [-0.3, -0.25) is 9.20 Å². The van der Waals surface area contributed by atoms with Gasteiger partial charge in [-0.2, -0.15) is 0 Å². The van der Waals surface area contributed by atoms with E-state index in [-0.39, 0.29) is 12.2 Å². The summed E-state index contributed by atoms with van der Waals surface area (Å²) < 4.78 is 7.45. The number of nitrogens with zero attached hydrogens (tertiary/aromatic N) is 4. The maximum absolute atomic E-state index is 12.0. The van der Waals surface area contributed by atoms with Crippen LogP contribution < -0.4 is 10.3 Å². The van der Waals surface area contributed by atoms with Crippen LogP contribution in [0.4, 0.5) is 0 Å². The third-order valence-electron chi connectivity index (χ3n) is 4.18. The van der Waals surface area contributed by atoms with Crippen LogP contribution >= 0.6 is 22.7 Å². The van der Waals surface area contributed by atoms with Crippen molar-refractivity contribution in [1.29, 1.82) is 0 Å². The van der Waals surface area contributed by atoms with E-state index in [4.69, 9.17) is 4.74 Å². The van der Waals surface area contributed by atoms with Crippen molar-refractivity contribution in [3.63, 3.8) is 0 Å². The predicted octanol–water partition coefficient (Wildman–Crippen LogP) is 2.83. The molecule has 0 bridgehead atoms. The second-order valence-electron chi connectivity index (χ2n) is 5.65. The fourth-order valence-electron chi connectivity index (χ4n) is 3.11. The quantitative estimate of drug-likeness (QED) is 0.565. The fourth-order valence-corrected chi connectivity index (χ4v) is 5.07. The third-order valence-corrected chi connectivity index (χ3v) is 6.14. The average molecular weight is 356 g/mol. The monoisotopic (exact) mass is 356 g/mol. The van der Waals surface area contributed by atoms with Crippen molar-refractivity contribution in [2.24, 2.45) is 0 Å². The molecule has 0 saturated carbocycles. The highest BCUT2D eigenvalue weighted by molar-refractivity contribution is 7.19. The van der Waals surface area contributed by atoms with Gasteiger partial charge in [0.25, 0.3) is 5.56 Å². The van der Waals surface area contributed by atoms with Gasteiger partial charge in [-0.25, -0.2) is 15.0 Å². The summed E-state index contributed by atoms with van der Waals surface area (Å²) in [6.07, 6.45) is 6.61. The lowest BCUT2D eigenvalue weighted by atomic mass is 10.2. The number of fused-ring (bicyclic) bond motifs is 4. The Balaban J connectivity index is 1.51. The second kappa shape index (κ2) is 5.35. The second-order valence-corrected chi connectivity index (χ2v) is 7.60. The molecule has 8 heteroatoms. The Morgan fingerprint density at radius 1 is 1.29 bits per heavy atom. The van der Waals surface area contributed by atoms with Crippen molar-refractivity contribution >= 4 is 37.9 Å². The summed E-state index contributed by atoms with van der Waals surface area (Å²) >= 11 is 3.16. The van der Waals surface area contributed by atoms with Crippen molar-refractivity contribution < 1.29 is 4.74 Å². The molecule has 0 aliphatic heterocycles. The molecular formula is C16H12N4O2S2. The van der Waals surface area contributed by atoms with Crippen LogP contribution in [0.3, 0.4) is 0 Å². The Kier molecular flexibility index (Phi) is 3.14. The van der Waals surface area contributed by atoms with Crippen LogP contribution in [0.2, 0.25) is 0 Å². The predicted molar refractivity (Wildman–Crippen MR) is 93.1 cm³/mol. The van der Waals surface area contributed by atoms with E-state index in [1.54, 1.807) is 17.5 Å². The summed E-state index contributed by atoms with van der Waals surface area (Å²) in [5, 5.41) is 2.88. The molecule has 0 N–H and O–H groups in total. The molecule has 0 aromatic carbocycles. The maximum atomic E-state index is 12.0. The molecule has 1 aliphatic carbocycles. The molecule has 6 nitrogen and oxygen atoms in total. The van der Waals surface area contributed by atoms with Gasteiger partial charge in [-0.1, -0.05) is 0 Å². The molecule has 24 heavy (non-hydrogen) atoms. The van der Waals surface area contributed by atoms with Gasteiger partial charge in [0.1, 0.15) is 17.8 Å². The Bertz CT molecular complexity index is 1130. The SMILES string of the molecule is O=c1cc(COc2ncnc3sc4c(c23)CCC4)nc2sccn12. The van der Waals surface area contributed by atoms with E-state index in [1.807, 2.05) is 5.38 Å². The molecule has 0 unspecified atom stereocenters. The Labute approximate surface area is 144 Å². The van der Waals surface area contributed by atoms with E-state index in [0.29, 0.717) is 16.5 Å². The minimum atomic E-state index is -0.0934. The molecule has 4 aromatic rings. The molecule has 4 aromatic heterocycles. The summed E-state index contributed by atoms with van der Waals surface area (Å²) in [4.78, 5) is 28.2. The van der Waals surface area contributed by atoms with Crippen LogP contribution in [0.5, 0.6) is 5.88 Å². The van der Waals surface area contributed by atoms with Gasteiger partial charge in [0.2, 0.25) is 5.88 Å². The number of rotatable bonds is 3. The van der Waals surface area contributed by atoms with Crippen molar-refractivity contribution in [1.82, 2.24) is 19.4 Å². The lowest BCUT2D eigenvalue weighted by molar-refractivity contribution is 0.293. The van der Waals surface area contributed by atoms with E-state index < -0.39 is 0 Å². The smallest absolute Gasteiger partial charge is 0.258 e. The standard InChI is InChI=1S/C16H12N4O2S2/c21-12-6-9(19-16-20(12)4-5-23-16)7-22-14-13-10-2-1-3-11(10)24-15(13)18-8-17-14/h4-6,8H,1-3,7H2. The highest BCUT2D eigenvalue weighted by Gasteiger charge is 2.22. The normalized spacial score (nSPS) is 13.7. The Morgan fingerprint density at radius 2 is 2.25 bits per heavy atom. The molecule has 1 aliphatic rings. The number of hydrogen-bond acceptors (Lipinski definition) is 7. The van der Waals surface area contributed by atoms with Crippen LogP contribution in [-0.2, 0) is 19.4 Å². The molecule has 0 radical (unpaired) electrons. The van der Waals surface area contributed by atoms with E-state index in [2.05, 4.69) is 15.0 Å². The van der Waals surface area contributed by atoms with E-state index in [0.717, 1.165) is 23.1 Å². The summed E-state index contributed by atoms with van der Waals surface area (Å²) in [6, 6.07) is 1.51. The van der Waals surface area contributed by atoms with Gasteiger partial charge in [-0.05, 0) is 24.8 Å². The van der Waals surface area contributed by atoms with Crippen molar-refractivity contribution in [3.8, 4) is 5.88 Å². The minimum absolute atomic E-state index is 0.0934. The van der Waals surface area contributed by atoms with Gasteiger partial charge in [-0.15, -0.1) is 22.7 Å². The first kappa shape index (κ1) is 14.1. The number of hydrogen-bond donors (Lipinski definition) is 0. The Morgan fingerprint density at radius 3 is 3.21 bits per heavy atom. The van der Waals surface area contributed by atoms with E-state index in [9.17, 15) is 4.79 Å². The highest BCUT2D eigenvalue weighted by Crippen LogP contribution is 2.39. The Hall–Kier alpha value is -2.32. The van der Waals surface area contributed by atoms with Gasteiger partial charge >= 0.3 is 0 Å². The number of aryl methyl sites for hydroxylation is 2. The fraction of sp³-hybridized carbons (Fsp3) is 0.250. The minimum Gasteiger partial charge on any atom is -0.471 e. The number of aromatic nitrogens is 4. The van der Waals surface area contributed by atoms with Gasteiger partial charge in [0, 0.05) is 22.5 Å². The van der Waals surface area contributed by atoms with Crippen LogP contribution in [-0.4, -0.2) is 19.4 Å². The molecule has 120 valence electrons. The molecule has 4 heterocycles. The summed E-state index contributed by atoms with van der Waals surface area (Å²) in [5.74, 6) is 0.590. The van der Waals surface area contributed by atoms with Crippen LogP contribution in [0, 0.1) is 0 Å². The largest absolute Gasteiger partial charge is 0.471 e. The van der Waals surface area contributed by atoms with Crippen molar-refractivity contribution in [2.45, 2.75) is 25.9 Å². The lowest BCUT2D eigenvalue weighted by Gasteiger charge is -2.06. The summed E-state index contributed by atoms with van der Waals surface area (Å²) in [5.41, 5.74) is 1.84. The summed E-state index contributed by atoms with van der Waals surface area (Å²) in [6.45, 7) is 0.223. The molecule has 0 amide bonds. The van der Waals surface area contributed by atoms with Crippen LogP contribution in [0.25, 0.3) is 15.2 Å². The van der Waals surface area contributed by atoms with E-state index >= 15 is 0 Å². The zero-order valence-electron chi connectivity index (χ0n) is 12.6. The number of thiazole rings is 1. The summed E-state index contributed by atoms with van der Waals surface area (Å²) in [7, 11) is 0. The first-order chi connectivity index (χ1) is 11.8. The van der Waals surface area contributed by atoms with Crippen LogP contribution in [0.1, 0.15) is 22.6 Å². The van der Waals surface area contributed by atoms with Crippen molar-refractivity contribution in [2.75, 3.05) is 0 Å². The topological polar surface area (TPSA) is 69.4 Å². The van der Waals surface area contributed by atoms with E-state index in [1.165, 1.54) is 45.0 Å². The molecule has 0 atom stereocenters. The average Bonchev–Trinajstić information content (AvgIpc) is 3.27. The first-order valence-corrected chi connectivity index (χ1v) is 9.33. The zero-order chi connectivity index (χ0) is 16.1. The third kappa shape index (κ3) is 2.14. The number of thiophene rings is 1. The van der Waals surface area contributed by atoms with Gasteiger partial charge in [0.05, 0.1) is 11.1 Å². The van der Waals surface area contributed by atoms with Crippen molar-refractivity contribution in [3.05, 3.63) is 50.5 Å². The van der Waals surface area contributed by atoms with Crippen LogP contribution in [0.15, 0.2) is 28.8 Å². The molecular weight excluding hydrogens is 344 g/mol. The van der Waals surface area contributed by atoms with Gasteiger partial charge < -0.3 is 4.74 Å². The zero-order valence-corrected chi connectivity index (χ0v) is 14.2. The molecule has 0 saturated heterocycles. The molecule has 0 fully saturated rings.